The number of para-hydroxylation sites is 1. The largest absolute Gasteiger partial charge is 0.327 e. The number of amides is 2. The first-order valence-corrected chi connectivity index (χ1v) is 6.23. The molecule has 0 saturated carbocycles. The van der Waals surface area contributed by atoms with Gasteiger partial charge in [-0.05, 0) is 24.3 Å². The molecular weight excluding hydrogens is 274 g/mol. The average Bonchev–Trinajstić information content (AvgIpc) is 2.47. The van der Waals surface area contributed by atoms with Crippen molar-refractivity contribution in [2.24, 2.45) is 0 Å². The lowest BCUT2D eigenvalue weighted by Gasteiger charge is -2.17. The quantitative estimate of drug-likeness (QED) is 0.940. The number of rotatable bonds is 4. The second kappa shape index (κ2) is 8.17. The van der Waals surface area contributed by atoms with Crippen LogP contribution >= 0.6 is 12.4 Å². The molecule has 0 atom stereocenters. The van der Waals surface area contributed by atoms with Gasteiger partial charge in [0.15, 0.2) is 0 Å². The Morgan fingerprint density at radius 2 is 1.85 bits per heavy atom. The smallest absolute Gasteiger partial charge is 0.321 e. The van der Waals surface area contributed by atoms with Gasteiger partial charge in [-0.2, -0.15) is 0 Å². The molecule has 4 nitrogen and oxygen atoms in total. The minimum Gasteiger partial charge on any atom is -0.327 e. The summed E-state index contributed by atoms with van der Waals surface area (Å²) < 4.78 is 0. The number of anilines is 1. The number of hydrogen-bond acceptors (Lipinski definition) is 2. The maximum atomic E-state index is 11.9. The normalized spacial score (nSPS) is 9.45. The zero-order chi connectivity index (χ0) is 13.5. The first-order chi connectivity index (χ1) is 9.25. The molecule has 20 heavy (non-hydrogen) atoms. The molecule has 1 N–H and O–H groups in total. The van der Waals surface area contributed by atoms with E-state index in [0.29, 0.717) is 6.54 Å². The van der Waals surface area contributed by atoms with Crippen LogP contribution in [0.4, 0.5) is 10.5 Å². The van der Waals surface area contributed by atoms with Crippen LogP contribution in [0.3, 0.4) is 0 Å². The molecule has 2 rings (SSSR count). The molecule has 0 aliphatic carbocycles. The SMILES string of the molecule is CN(CCc1ccccn1)C(=O)Nc1ccccc1.Cl. The number of urea groups is 1. The van der Waals surface area contributed by atoms with Crippen LogP contribution in [-0.4, -0.2) is 29.5 Å². The fraction of sp³-hybridized carbons (Fsp3) is 0.200. The van der Waals surface area contributed by atoms with Gasteiger partial charge in [0.1, 0.15) is 0 Å². The lowest BCUT2D eigenvalue weighted by atomic mass is 10.2. The van der Waals surface area contributed by atoms with Crippen LogP contribution in [0.2, 0.25) is 0 Å². The number of likely N-dealkylation sites (N-methyl/N-ethyl adjacent to an activating group) is 1. The second-order valence-electron chi connectivity index (χ2n) is 4.29. The third-order valence-electron chi connectivity index (χ3n) is 2.80. The fourth-order valence-electron chi connectivity index (χ4n) is 1.67. The maximum absolute atomic E-state index is 11.9. The molecule has 106 valence electrons. The lowest BCUT2D eigenvalue weighted by Crippen LogP contribution is -2.33. The van der Waals surface area contributed by atoms with Gasteiger partial charge in [-0.1, -0.05) is 24.3 Å². The minimum atomic E-state index is -0.109. The standard InChI is InChI=1S/C15H17N3O.ClH/c1-18(12-10-13-7-5-6-11-16-13)15(19)17-14-8-3-2-4-9-14;/h2-9,11H,10,12H2,1H3,(H,17,19);1H. The summed E-state index contributed by atoms with van der Waals surface area (Å²) in [6.07, 6.45) is 2.51. The summed E-state index contributed by atoms with van der Waals surface area (Å²) in [4.78, 5) is 17.8. The summed E-state index contributed by atoms with van der Waals surface area (Å²) in [6, 6.07) is 15.1. The van der Waals surface area contributed by atoms with Crippen LogP contribution in [0, 0.1) is 0 Å². The Kier molecular flexibility index (Phi) is 6.53. The van der Waals surface area contributed by atoms with E-state index in [-0.39, 0.29) is 18.4 Å². The molecule has 0 spiro atoms. The Balaban J connectivity index is 0.00000200. The van der Waals surface area contributed by atoms with Crippen molar-refractivity contribution in [1.29, 1.82) is 0 Å². The van der Waals surface area contributed by atoms with Crippen LogP contribution in [0.5, 0.6) is 0 Å². The molecule has 0 radical (unpaired) electrons. The van der Waals surface area contributed by atoms with E-state index < -0.39 is 0 Å². The van der Waals surface area contributed by atoms with Gasteiger partial charge in [-0.25, -0.2) is 4.79 Å². The molecule has 1 aromatic heterocycles. The summed E-state index contributed by atoms with van der Waals surface area (Å²) in [6.45, 7) is 0.635. The third kappa shape index (κ3) is 4.90. The second-order valence-corrected chi connectivity index (χ2v) is 4.29. The molecule has 2 aromatic rings. The van der Waals surface area contributed by atoms with E-state index in [1.165, 1.54) is 0 Å². The summed E-state index contributed by atoms with van der Waals surface area (Å²) in [7, 11) is 1.78. The van der Waals surface area contributed by atoms with Crippen molar-refractivity contribution in [2.75, 3.05) is 18.9 Å². The monoisotopic (exact) mass is 291 g/mol. The molecule has 0 unspecified atom stereocenters. The number of benzene rings is 1. The molecule has 1 heterocycles. The highest BCUT2D eigenvalue weighted by atomic mass is 35.5. The molecule has 5 heteroatoms. The number of aromatic nitrogens is 1. The minimum absolute atomic E-state index is 0. The van der Waals surface area contributed by atoms with Crippen molar-refractivity contribution in [3.63, 3.8) is 0 Å². The van der Waals surface area contributed by atoms with Gasteiger partial charge in [0.2, 0.25) is 0 Å². The van der Waals surface area contributed by atoms with Crippen LogP contribution < -0.4 is 5.32 Å². The highest BCUT2D eigenvalue weighted by Gasteiger charge is 2.08. The topological polar surface area (TPSA) is 45.2 Å². The van der Waals surface area contributed by atoms with E-state index in [4.69, 9.17) is 0 Å². The van der Waals surface area contributed by atoms with Crippen LogP contribution in [0.25, 0.3) is 0 Å². The number of carbonyl (C=O) groups is 1. The van der Waals surface area contributed by atoms with E-state index in [1.54, 1.807) is 18.1 Å². The number of carbonyl (C=O) groups excluding carboxylic acids is 1. The van der Waals surface area contributed by atoms with Crippen LogP contribution in [0.15, 0.2) is 54.7 Å². The zero-order valence-electron chi connectivity index (χ0n) is 11.3. The lowest BCUT2D eigenvalue weighted by molar-refractivity contribution is 0.223. The highest BCUT2D eigenvalue weighted by Crippen LogP contribution is 2.06. The first-order valence-electron chi connectivity index (χ1n) is 6.23. The van der Waals surface area contributed by atoms with Gasteiger partial charge in [-0.3, -0.25) is 4.98 Å². The molecule has 0 aliphatic rings. The number of halogens is 1. The van der Waals surface area contributed by atoms with E-state index in [9.17, 15) is 4.79 Å². The summed E-state index contributed by atoms with van der Waals surface area (Å²) >= 11 is 0. The average molecular weight is 292 g/mol. The molecular formula is C15H18ClN3O. The van der Waals surface area contributed by atoms with Crippen molar-refractivity contribution in [3.05, 3.63) is 60.4 Å². The van der Waals surface area contributed by atoms with Gasteiger partial charge in [0, 0.05) is 37.6 Å². The molecule has 0 saturated heterocycles. The Morgan fingerprint density at radius 1 is 1.15 bits per heavy atom. The first kappa shape index (κ1) is 16.0. The summed E-state index contributed by atoms with van der Waals surface area (Å²) in [5, 5.41) is 2.84. The summed E-state index contributed by atoms with van der Waals surface area (Å²) in [5.74, 6) is 0. The Hall–Kier alpha value is -2.07. The van der Waals surface area contributed by atoms with E-state index >= 15 is 0 Å². The van der Waals surface area contributed by atoms with Crippen LogP contribution in [0.1, 0.15) is 5.69 Å². The van der Waals surface area contributed by atoms with Crippen molar-refractivity contribution in [1.82, 2.24) is 9.88 Å². The van der Waals surface area contributed by atoms with Gasteiger partial charge >= 0.3 is 6.03 Å². The maximum Gasteiger partial charge on any atom is 0.321 e. The predicted molar refractivity (Wildman–Crippen MR) is 83.3 cm³/mol. The number of nitrogens with zero attached hydrogens (tertiary/aromatic N) is 2. The third-order valence-corrected chi connectivity index (χ3v) is 2.80. The molecule has 0 bridgehead atoms. The van der Waals surface area contributed by atoms with Gasteiger partial charge in [-0.15, -0.1) is 12.4 Å². The van der Waals surface area contributed by atoms with Crippen molar-refractivity contribution in [2.45, 2.75) is 6.42 Å². The number of nitrogens with one attached hydrogen (secondary N) is 1. The molecule has 0 aliphatic heterocycles. The zero-order valence-corrected chi connectivity index (χ0v) is 12.1. The van der Waals surface area contributed by atoms with Crippen molar-refractivity contribution in [3.8, 4) is 0 Å². The van der Waals surface area contributed by atoms with Crippen molar-refractivity contribution >= 4 is 24.1 Å². The molecule has 2 amide bonds. The Bertz CT molecular complexity index is 519. The molecule has 0 fully saturated rings. The van der Waals surface area contributed by atoms with Gasteiger partial charge in [0.25, 0.3) is 0 Å². The van der Waals surface area contributed by atoms with Crippen LogP contribution in [-0.2, 0) is 6.42 Å². The van der Waals surface area contributed by atoms with Gasteiger partial charge < -0.3 is 10.2 Å². The fourth-order valence-corrected chi connectivity index (χ4v) is 1.67. The van der Waals surface area contributed by atoms with E-state index in [1.807, 2.05) is 48.5 Å². The highest BCUT2D eigenvalue weighted by molar-refractivity contribution is 5.89. The predicted octanol–water partition coefficient (Wildman–Crippen LogP) is 3.21. The Morgan fingerprint density at radius 3 is 2.50 bits per heavy atom. The van der Waals surface area contributed by atoms with E-state index in [2.05, 4.69) is 10.3 Å². The number of hydrogen-bond donors (Lipinski definition) is 1. The number of pyridine rings is 1. The molecule has 1 aromatic carbocycles. The van der Waals surface area contributed by atoms with Crippen molar-refractivity contribution < 1.29 is 4.79 Å². The Labute approximate surface area is 125 Å². The summed E-state index contributed by atoms with van der Waals surface area (Å²) in [5.41, 5.74) is 1.79. The van der Waals surface area contributed by atoms with E-state index in [0.717, 1.165) is 17.8 Å². The van der Waals surface area contributed by atoms with Gasteiger partial charge in [0.05, 0.1) is 0 Å².